The first-order valence-corrected chi connectivity index (χ1v) is 10.8. The Labute approximate surface area is 180 Å². The van der Waals surface area contributed by atoms with Gasteiger partial charge in [-0.1, -0.05) is 55.1 Å². The van der Waals surface area contributed by atoms with Crippen LogP contribution in [-0.4, -0.2) is 18.0 Å². The molecule has 3 amide bonds. The van der Waals surface area contributed by atoms with Crippen molar-refractivity contribution in [3.8, 4) is 0 Å². The molecule has 3 aromatic rings. The van der Waals surface area contributed by atoms with E-state index in [1.165, 1.54) is 0 Å². The number of carbonyl (C=O) groups excluding carboxylic acids is 2. The second-order valence-corrected chi connectivity index (χ2v) is 8.22. The van der Waals surface area contributed by atoms with Gasteiger partial charge in [0.05, 0.1) is 22.6 Å². The molecule has 30 heavy (non-hydrogen) atoms. The van der Waals surface area contributed by atoms with Gasteiger partial charge in [0.2, 0.25) is 0 Å². The predicted molar refractivity (Wildman–Crippen MR) is 122 cm³/mol. The molecule has 2 N–H and O–H groups in total. The van der Waals surface area contributed by atoms with Crippen molar-refractivity contribution in [3.63, 3.8) is 0 Å². The van der Waals surface area contributed by atoms with Gasteiger partial charge in [-0.3, -0.25) is 9.69 Å². The van der Waals surface area contributed by atoms with Crippen LogP contribution in [0.2, 0.25) is 0 Å². The molecule has 0 radical (unpaired) electrons. The van der Waals surface area contributed by atoms with Crippen molar-refractivity contribution < 1.29 is 9.59 Å². The lowest BCUT2D eigenvalue weighted by Crippen LogP contribution is -2.35. The van der Waals surface area contributed by atoms with E-state index < -0.39 is 0 Å². The molecule has 1 atom stereocenters. The summed E-state index contributed by atoms with van der Waals surface area (Å²) in [5.74, 6) is -0.199. The highest BCUT2D eigenvalue weighted by molar-refractivity contribution is 7.99. The van der Waals surface area contributed by atoms with Crippen molar-refractivity contribution in [1.82, 2.24) is 5.32 Å². The van der Waals surface area contributed by atoms with Gasteiger partial charge in [0.25, 0.3) is 5.91 Å². The lowest BCUT2D eigenvalue weighted by molar-refractivity contribution is 0.0940. The highest BCUT2D eigenvalue weighted by Gasteiger charge is 2.28. The average Bonchev–Trinajstić information content (AvgIpc) is 2.77. The quantitative estimate of drug-likeness (QED) is 0.543. The van der Waals surface area contributed by atoms with Crippen molar-refractivity contribution in [2.45, 2.75) is 36.1 Å². The lowest BCUT2D eigenvalue weighted by atomic mass is 10.1. The highest BCUT2D eigenvalue weighted by Crippen LogP contribution is 2.48. The van der Waals surface area contributed by atoms with E-state index in [-0.39, 0.29) is 18.0 Å². The predicted octanol–water partition coefficient (Wildman–Crippen LogP) is 6.05. The molecule has 0 unspecified atom stereocenters. The minimum absolute atomic E-state index is 0.0548. The molecule has 3 aromatic carbocycles. The second-order valence-electron chi connectivity index (χ2n) is 7.13. The fraction of sp³-hybridized carbons (Fsp3) is 0.167. The van der Waals surface area contributed by atoms with Crippen molar-refractivity contribution >= 4 is 40.8 Å². The van der Waals surface area contributed by atoms with E-state index in [1.807, 2.05) is 68.4 Å². The average molecular weight is 418 g/mol. The number of benzene rings is 3. The monoisotopic (exact) mass is 417 g/mol. The van der Waals surface area contributed by atoms with Gasteiger partial charge in [-0.2, -0.15) is 0 Å². The number of carbonyl (C=O) groups is 2. The van der Waals surface area contributed by atoms with Crippen LogP contribution in [0.5, 0.6) is 0 Å². The van der Waals surface area contributed by atoms with Crippen LogP contribution < -0.4 is 15.5 Å². The van der Waals surface area contributed by atoms with Gasteiger partial charge in [0, 0.05) is 15.8 Å². The minimum Gasteiger partial charge on any atom is -0.350 e. The molecule has 0 saturated heterocycles. The van der Waals surface area contributed by atoms with Crippen LogP contribution in [0, 0.1) is 0 Å². The largest absolute Gasteiger partial charge is 0.350 e. The Morgan fingerprint density at radius 2 is 1.47 bits per heavy atom. The van der Waals surface area contributed by atoms with Crippen LogP contribution >= 0.6 is 11.8 Å². The van der Waals surface area contributed by atoms with Crippen molar-refractivity contribution in [2.24, 2.45) is 0 Å². The van der Waals surface area contributed by atoms with Crippen molar-refractivity contribution in [1.29, 1.82) is 0 Å². The van der Waals surface area contributed by atoms with Crippen LogP contribution in [-0.2, 0) is 0 Å². The number of nitrogens with one attached hydrogen (secondary N) is 2. The molecule has 0 spiro atoms. The second kappa shape index (κ2) is 8.63. The van der Waals surface area contributed by atoms with Gasteiger partial charge in [-0.25, -0.2) is 4.79 Å². The summed E-state index contributed by atoms with van der Waals surface area (Å²) in [6.45, 7) is 3.97. The third-order valence-electron chi connectivity index (χ3n) is 5.04. The Balaban J connectivity index is 1.67. The van der Waals surface area contributed by atoms with Crippen LogP contribution in [0.1, 0.15) is 30.6 Å². The molecule has 0 fully saturated rings. The maximum absolute atomic E-state index is 13.4. The molecule has 0 aliphatic carbocycles. The first kappa shape index (κ1) is 20.0. The molecule has 1 aliphatic rings. The van der Waals surface area contributed by atoms with E-state index in [2.05, 4.69) is 10.6 Å². The van der Waals surface area contributed by atoms with Gasteiger partial charge >= 0.3 is 6.03 Å². The van der Waals surface area contributed by atoms with E-state index >= 15 is 0 Å². The van der Waals surface area contributed by atoms with Gasteiger partial charge < -0.3 is 10.6 Å². The van der Waals surface area contributed by atoms with Gasteiger partial charge in [-0.05, 0) is 49.7 Å². The first-order valence-electron chi connectivity index (χ1n) is 9.95. The molecule has 1 aliphatic heterocycles. The Morgan fingerprint density at radius 1 is 0.900 bits per heavy atom. The number of amides is 3. The molecule has 5 nitrogen and oxygen atoms in total. The molecular weight excluding hydrogens is 394 g/mol. The zero-order valence-electron chi connectivity index (χ0n) is 16.9. The summed E-state index contributed by atoms with van der Waals surface area (Å²) >= 11 is 1.64. The number of hydrogen-bond acceptors (Lipinski definition) is 3. The molecule has 0 bridgehead atoms. The SMILES string of the molecule is CC[C@H](C)NC(=O)c1ccccc1NC(=O)N1c2ccccc2Sc2ccccc21. The summed E-state index contributed by atoms with van der Waals surface area (Å²) in [4.78, 5) is 29.8. The zero-order chi connectivity index (χ0) is 21.1. The van der Waals surface area contributed by atoms with Crippen molar-refractivity contribution in [3.05, 3.63) is 78.4 Å². The van der Waals surface area contributed by atoms with E-state index in [1.54, 1.807) is 34.9 Å². The molecule has 0 saturated carbocycles. The molecule has 152 valence electrons. The summed E-state index contributed by atoms with van der Waals surface area (Å²) in [7, 11) is 0. The first-order chi connectivity index (χ1) is 14.6. The number of hydrogen-bond donors (Lipinski definition) is 2. The third kappa shape index (κ3) is 3.91. The number of rotatable bonds is 4. The lowest BCUT2D eigenvalue weighted by Gasteiger charge is -2.31. The van der Waals surface area contributed by atoms with Gasteiger partial charge in [-0.15, -0.1) is 0 Å². The zero-order valence-corrected chi connectivity index (χ0v) is 17.7. The Hall–Kier alpha value is -3.25. The van der Waals surface area contributed by atoms with Gasteiger partial charge in [0.15, 0.2) is 0 Å². The number of anilines is 3. The van der Waals surface area contributed by atoms with Crippen LogP contribution in [0.15, 0.2) is 82.6 Å². The fourth-order valence-corrected chi connectivity index (χ4v) is 4.35. The van der Waals surface area contributed by atoms with Crippen LogP contribution in [0.4, 0.5) is 21.9 Å². The van der Waals surface area contributed by atoms with Crippen LogP contribution in [0.25, 0.3) is 0 Å². The number of para-hydroxylation sites is 3. The summed E-state index contributed by atoms with van der Waals surface area (Å²) < 4.78 is 0. The van der Waals surface area contributed by atoms with E-state index in [0.29, 0.717) is 11.3 Å². The molecule has 1 heterocycles. The Morgan fingerprint density at radius 3 is 2.10 bits per heavy atom. The van der Waals surface area contributed by atoms with E-state index in [0.717, 1.165) is 27.6 Å². The standard InChI is InChI=1S/C24H23N3O2S/c1-3-16(2)25-23(28)17-10-4-5-11-18(17)26-24(29)27-19-12-6-8-14-21(19)30-22-15-9-7-13-20(22)27/h4-16H,3H2,1-2H3,(H,25,28)(H,26,29)/t16-/m0/s1. The van der Waals surface area contributed by atoms with E-state index in [4.69, 9.17) is 0 Å². The molecule has 6 heteroatoms. The Kier molecular flexibility index (Phi) is 5.77. The summed E-state index contributed by atoms with van der Waals surface area (Å²) in [5.41, 5.74) is 2.57. The topological polar surface area (TPSA) is 61.4 Å². The van der Waals surface area contributed by atoms with Crippen molar-refractivity contribution in [2.75, 3.05) is 10.2 Å². The molecule has 4 rings (SSSR count). The maximum atomic E-state index is 13.4. The molecule has 0 aromatic heterocycles. The minimum atomic E-state index is -0.306. The summed E-state index contributed by atoms with van der Waals surface area (Å²) in [6.07, 6.45) is 0.833. The Bertz CT molecular complexity index is 1050. The normalized spacial score (nSPS) is 13.1. The number of urea groups is 1. The number of nitrogens with zero attached hydrogens (tertiary/aromatic N) is 1. The van der Waals surface area contributed by atoms with Gasteiger partial charge in [0.1, 0.15) is 0 Å². The van der Waals surface area contributed by atoms with E-state index in [9.17, 15) is 9.59 Å². The maximum Gasteiger partial charge on any atom is 0.331 e. The summed E-state index contributed by atoms with van der Waals surface area (Å²) in [6, 6.07) is 22.5. The summed E-state index contributed by atoms with van der Waals surface area (Å²) in [5, 5.41) is 5.91. The highest BCUT2D eigenvalue weighted by atomic mass is 32.2. The number of fused-ring (bicyclic) bond motifs is 2. The van der Waals surface area contributed by atoms with Crippen LogP contribution in [0.3, 0.4) is 0 Å². The molecular formula is C24H23N3O2S. The fourth-order valence-electron chi connectivity index (χ4n) is 3.29. The third-order valence-corrected chi connectivity index (χ3v) is 6.17. The smallest absolute Gasteiger partial charge is 0.331 e.